The first kappa shape index (κ1) is 14.1. The van der Waals surface area contributed by atoms with Crippen LogP contribution in [0.2, 0.25) is 0 Å². The summed E-state index contributed by atoms with van der Waals surface area (Å²) in [5, 5.41) is 3.27. The van der Waals surface area contributed by atoms with Gasteiger partial charge in [-0.25, -0.2) is 4.98 Å². The van der Waals surface area contributed by atoms with Crippen molar-refractivity contribution < 1.29 is 4.79 Å². The molecule has 5 heteroatoms. The van der Waals surface area contributed by atoms with Gasteiger partial charge in [0.05, 0.1) is 13.1 Å². The van der Waals surface area contributed by atoms with E-state index in [4.69, 9.17) is 0 Å². The zero-order valence-corrected chi connectivity index (χ0v) is 12.1. The fourth-order valence-corrected chi connectivity index (χ4v) is 2.02. The van der Waals surface area contributed by atoms with Crippen LogP contribution in [0.15, 0.2) is 12.4 Å². The summed E-state index contributed by atoms with van der Waals surface area (Å²) in [7, 11) is 1.97. The van der Waals surface area contributed by atoms with Crippen molar-refractivity contribution >= 4 is 5.91 Å². The molecule has 106 valence electrons. The van der Waals surface area contributed by atoms with Crippen molar-refractivity contribution in [2.24, 2.45) is 7.05 Å². The Balaban J connectivity index is 1.92. The van der Waals surface area contributed by atoms with Gasteiger partial charge in [0.25, 0.3) is 0 Å². The molecule has 1 unspecified atom stereocenters. The van der Waals surface area contributed by atoms with Gasteiger partial charge in [0.2, 0.25) is 5.91 Å². The minimum atomic E-state index is 0.186. The van der Waals surface area contributed by atoms with E-state index < -0.39 is 0 Å². The SMILES string of the molecule is CCC(C)NCC(=O)N(Cc1nccn1C)C1CC1. The molecule has 1 amide bonds. The maximum atomic E-state index is 12.3. The van der Waals surface area contributed by atoms with Crippen LogP contribution in [0.3, 0.4) is 0 Å². The lowest BCUT2D eigenvalue weighted by Crippen LogP contribution is -2.42. The normalized spacial score (nSPS) is 16.4. The first-order chi connectivity index (χ1) is 9.11. The average Bonchev–Trinajstić information content (AvgIpc) is 3.17. The molecule has 1 aliphatic carbocycles. The van der Waals surface area contributed by atoms with Gasteiger partial charge in [-0.3, -0.25) is 4.79 Å². The summed E-state index contributed by atoms with van der Waals surface area (Å²) in [4.78, 5) is 18.6. The van der Waals surface area contributed by atoms with Crippen LogP contribution in [0, 0.1) is 0 Å². The first-order valence-corrected chi connectivity index (χ1v) is 7.10. The second kappa shape index (κ2) is 6.19. The zero-order chi connectivity index (χ0) is 13.8. The van der Waals surface area contributed by atoms with Crippen molar-refractivity contribution in [3.8, 4) is 0 Å². The fourth-order valence-electron chi connectivity index (χ4n) is 2.02. The first-order valence-electron chi connectivity index (χ1n) is 7.10. The van der Waals surface area contributed by atoms with E-state index in [1.54, 1.807) is 6.20 Å². The third kappa shape index (κ3) is 3.80. The van der Waals surface area contributed by atoms with E-state index in [-0.39, 0.29) is 5.91 Å². The van der Waals surface area contributed by atoms with E-state index in [1.807, 2.05) is 22.7 Å². The summed E-state index contributed by atoms with van der Waals surface area (Å²) in [6.07, 6.45) is 6.99. The number of nitrogens with zero attached hydrogens (tertiary/aromatic N) is 3. The molecule has 0 radical (unpaired) electrons. The number of hydrogen-bond acceptors (Lipinski definition) is 3. The predicted molar refractivity (Wildman–Crippen MR) is 74.5 cm³/mol. The smallest absolute Gasteiger partial charge is 0.237 e. The molecule has 1 aromatic rings. The lowest BCUT2D eigenvalue weighted by molar-refractivity contribution is -0.131. The molecule has 0 aliphatic heterocycles. The number of rotatable bonds is 7. The lowest BCUT2D eigenvalue weighted by Gasteiger charge is -2.23. The number of aromatic nitrogens is 2. The van der Waals surface area contributed by atoms with Gasteiger partial charge in [-0.1, -0.05) is 6.92 Å². The van der Waals surface area contributed by atoms with Gasteiger partial charge in [0, 0.05) is 31.5 Å². The molecule has 0 saturated heterocycles. The fraction of sp³-hybridized carbons (Fsp3) is 0.714. The lowest BCUT2D eigenvalue weighted by atomic mass is 10.2. The molecule has 19 heavy (non-hydrogen) atoms. The highest BCUT2D eigenvalue weighted by Crippen LogP contribution is 2.28. The van der Waals surface area contributed by atoms with Gasteiger partial charge in [-0.05, 0) is 26.2 Å². The van der Waals surface area contributed by atoms with Crippen molar-refractivity contribution in [1.29, 1.82) is 0 Å². The Kier molecular flexibility index (Phi) is 4.58. The van der Waals surface area contributed by atoms with Crippen molar-refractivity contribution in [3.05, 3.63) is 18.2 Å². The van der Waals surface area contributed by atoms with Gasteiger partial charge in [-0.15, -0.1) is 0 Å². The van der Waals surface area contributed by atoms with Crippen LogP contribution in [0.4, 0.5) is 0 Å². The van der Waals surface area contributed by atoms with E-state index in [1.165, 1.54) is 0 Å². The molecular weight excluding hydrogens is 240 g/mol. The maximum absolute atomic E-state index is 12.3. The number of carbonyl (C=O) groups excluding carboxylic acids is 1. The van der Waals surface area contributed by atoms with Crippen molar-refractivity contribution in [2.75, 3.05) is 6.54 Å². The quantitative estimate of drug-likeness (QED) is 0.807. The van der Waals surface area contributed by atoms with Crippen LogP contribution in [-0.2, 0) is 18.4 Å². The highest BCUT2D eigenvalue weighted by Gasteiger charge is 2.33. The molecule has 2 rings (SSSR count). The highest BCUT2D eigenvalue weighted by molar-refractivity contribution is 5.78. The molecule has 0 spiro atoms. The van der Waals surface area contributed by atoms with Crippen molar-refractivity contribution in [3.63, 3.8) is 0 Å². The molecule has 1 atom stereocenters. The van der Waals surface area contributed by atoms with Gasteiger partial charge < -0.3 is 14.8 Å². The minimum Gasteiger partial charge on any atom is -0.337 e. The third-order valence-electron chi connectivity index (χ3n) is 3.75. The Labute approximate surface area is 115 Å². The summed E-state index contributed by atoms with van der Waals surface area (Å²) < 4.78 is 1.98. The number of carbonyl (C=O) groups is 1. The highest BCUT2D eigenvalue weighted by atomic mass is 16.2. The summed E-state index contributed by atoms with van der Waals surface area (Å²) in [6, 6.07) is 0.807. The predicted octanol–water partition coefficient (Wildman–Crippen LogP) is 1.30. The summed E-state index contributed by atoms with van der Waals surface area (Å²) >= 11 is 0. The Hall–Kier alpha value is -1.36. The molecule has 5 nitrogen and oxygen atoms in total. The van der Waals surface area contributed by atoms with Crippen molar-refractivity contribution in [2.45, 2.75) is 51.7 Å². The Morgan fingerprint density at radius 3 is 2.89 bits per heavy atom. The van der Waals surface area contributed by atoms with Crippen LogP contribution >= 0.6 is 0 Å². The molecule has 0 bridgehead atoms. The van der Waals surface area contributed by atoms with Crippen LogP contribution in [0.1, 0.15) is 38.9 Å². The number of imidazole rings is 1. The summed E-state index contributed by atoms with van der Waals surface area (Å²) in [6.45, 7) is 5.27. The number of aryl methyl sites for hydroxylation is 1. The Morgan fingerprint density at radius 2 is 2.37 bits per heavy atom. The maximum Gasteiger partial charge on any atom is 0.237 e. The van der Waals surface area contributed by atoms with E-state index in [2.05, 4.69) is 24.1 Å². The van der Waals surface area contributed by atoms with Crippen LogP contribution in [0.25, 0.3) is 0 Å². The molecule has 0 aromatic carbocycles. The standard InChI is InChI=1S/C14H24N4O/c1-4-11(2)16-9-14(19)18(12-5-6-12)10-13-15-7-8-17(13)3/h7-8,11-12,16H,4-6,9-10H2,1-3H3. The zero-order valence-electron chi connectivity index (χ0n) is 12.1. The third-order valence-corrected chi connectivity index (χ3v) is 3.75. The van der Waals surface area contributed by atoms with Crippen molar-refractivity contribution in [1.82, 2.24) is 19.8 Å². The van der Waals surface area contributed by atoms with Gasteiger partial charge >= 0.3 is 0 Å². The Bertz CT molecular complexity index is 425. The molecule has 1 heterocycles. The molecular formula is C14H24N4O. The largest absolute Gasteiger partial charge is 0.337 e. The summed E-state index contributed by atoms with van der Waals surface area (Å²) in [5.74, 6) is 1.13. The average molecular weight is 264 g/mol. The minimum absolute atomic E-state index is 0.186. The van der Waals surface area contributed by atoms with E-state index in [0.29, 0.717) is 25.2 Å². The topological polar surface area (TPSA) is 50.2 Å². The monoisotopic (exact) mass is 264 g/mol. The van der Waals surface area contributed by atoms with Crippen LogP contribution in [0.5, 0.6) is 0 Å². The second-order valence-electron chi connectivity index (χ2n) is 5.40. The van der Waals surface area contributed by atoms with Gasteiger partial charge in [0.1, 0.15) is 5.82 Å². The van der Waals surface area contributed by atoms with Gasteiger partial charge in [0.15, 0.2) is 0 Å². The number of hydrogen-bond donors (Lipinski definition) is 1. The molecule has 1 saturated carbocycles. The summed E-state index contributed by atoms with van der Waals surface area (Å²) in [5.41, 5.74) is 0. The molecule has 1 aromatic heterocycles. The molecule has 1 fully saturated rings. The number of nitrogens with one attached hydrogen (secondary N) is 1. The van der Waals surface area contributed by atoms with Crippen LogP contribution in [-0.4, -0.2) is 39.0 Å². The van der Waals surface area contributed by atoms with E-state index >= 15 is 0 Å². The second-order valence-corrected chi connectivity index (χ2v) is 5.40. The van der Waals surface area contributed by atoms with E-state index in [0.717, 1.165) is 25.1 Å². The number of amides is 1. The molecule has 1 aliphatic rings. The van der Waals surface area contributed by atoms with E-state index in [9.17, 15) is 4.79 Å². The molecule has 1 N–H and O–H groups in total. The van der Waals surface area contributed by atoms with Gasteiger partial charge in [-0.2, -0.15) is 0 Å². The Morgan fingerprint density at radius 1 is 1.63 bits per heavy atom. The van der Waals surface area contributed by atoms with Crippen LogP contribution < -0.4 is 5.32 Å².